The third-order valence-electron chi connectivity index (χ3n) is 2.70. The van der Waals surface area contributed by atoms with Gasteiger partial charge < -0.3 is 10.1 Å². The van der Waals surface area contributed by atoms with Crippen LogP contribution in [0.3, 0.4) is 0 Å². The average molecular weight is 234 g/mol. The third-order valence-corrected chi connectivity index (χ3v) is 2.70. The van der Waals surface area contributed by atoms with E-state index >= 15 is 0 Å². The Kier molecular flexibility index (Phi) is 3.02. The minimum absolute atomic E-state index is 0.229. The van der Waals surface area contributed by atoms with Crippen LogP contribution in [0.15, 0.2) is 18.3 Å². The molecular formula is C12H18N4O. The Morgan fingerprint density at radius 2 is 2.18 bits per heavy atom. The molecule has 0 amide bonds. The van der Waals surface area contributed by atoms with Gasteiger partial charge in [0, 0.05) is 19.9 Å². The Balaban J connectivity index is 2.15. The molecule has 5 nitrogen and oxygen atoms in total. The molecule has 0 saturated carbocycles. The molecule has 0 saturated heterocycles. The van der Waals surface area contributed by atoms with Gasteiger partial charge in [-0.15, -0.1) is 5.10 Å². The first-order valence-electron chi connectivity index (χ1n) is 5.62. The summed E-state index contributed by atoms with van der Waals surface area (Å²) in [5, 5.41) is 7.53. The van der Waals surface area contributed by atoms with E-state index in [9.17, 15) is 0 Å². The molecule has 0 atom stereocenters. The van der Waals surface area contributed by atoms with Crippen LogP contribution in [0.4, 0.5) is 5.95 Å². The van der Waals surface area contributed by atoms with Crippen LogP contribution in [0.1, 0.15) is 19.4 Å². The van der Waals surface area contributed by atoms with E-state index < -0.39 is 0 Å². The molecule has 2 rings (SSSR count). The van der Waals surface area contributed by atoms with E-state index in [0.29, 0.717) is 12.5 Å². The lowest BCUT2D eigenvalue weighted by molar-refractivity contribution is 0.0342. The van der Waals surface area contributed by atoms with Crippen molar-refractivity contribution in [3.63, 3.8) is 0 Å². The van der Waals surface area contributed by atoms with Gasteiger partial charge >= 0.3 is 0 Å². The zero-order valence-corrected chi connectivity index (χ0v) is 10.7. The predicted octanol–water partition coefficient (Wildman–Crippen LogP) is 1.87. The second-order valence-electron chi connectivity index (χ2n) is 4.76. The van der Waals surface area contributed by atoms with Gasteiger partial charge in [-0.1, -0.05) is 6.07 Å². The summed E-state index contributed by atoms with van der Waals surface area (Å²) in [6.45, 7) is 6.72. The SMILES string of the molecule is COC(C)(C)CNc1nc2ccc(C)cn2n1. The van der Waals surface area contributed by atoms with E-state index in [-0.39, 0.29) is 5.60 Å². The summed E-state index contributed by atoms with van der Waals surface area (Å²) in [5.41, 5.74) is 1.77. The standard InChI is InChI=1S/C12H18N4O/c1-9-5-6-10-14-11(15-16(10)7-9)13-8-12(2,3)17-4/h5-7H,8H2,1-4H3,(H,13,15). The van der Waals surface area contributed by atoms with Crippen LogP contribution in [-0.2, 0) is 4.74 Å². The number of fused-ring (bicyclic) bond motifs is 1. The van der Waals surface area contributed by atoms with Crippen LogP contribution in [0.5, 0.6) is 0 Å². The van der Waals surface area contributed by atoms with Crippen molar-refractivity contribution in [2.75, 3.05) is 19.0 Å². The first-order chi connectivity index (χ1) is 8.00. The third kappa shape index (κ3) is 2.74. The molecule has 1 N–H and O–H groups in total. The van der Waals surface area contributed by atoms with E-state index in [1.54, 1.807) is 11.6 Å². The Hall–Kier alpha value is -1.62. The van der Waals surface area contributed by atoms with Gasteiger partial charge in [-0.3, -0.25) is 0 Å². The molecule has 0 aliphatic carbocycles. The summed E-state index contributed by atoms with van der Waals surface area (Å²) in [6, 6.07) is 3.97. The Morgan fingerprint density at radius 1 is 1.41 bits per heavy atom. The van der Waals surface area contributed by atoms with Crippen molar-refractivity contribution in [1.29, 1.82) is 0 Å². The molecule has 0 fully saturated rings. The number of aryl methyl sites for hydroxylation is 1. The van der Waals surface area contributed by atoms with Crippen molar-refractivity contribution in [1.82, 2.24) is 14.6 Å². The lowest BCUT2D eigenvalue weighted by Crippen LogP contribution is -2.32. The summed E-state index contributed by atoms with van der Waals surface area (Å²) in [7, 11) is 1.70. The number of anilines is 1. The summed E-state index contributed by atoms with van der Waals surface area (Å²) in [4.78, 5) is 4.38. The zero-order valence-electron chi connectivity index (χ0n) is 10.7. The Labute approximate surface area is 101 Å². The monoisotopic (exact) mass is 234 g/mol. The lowest BCUT2D eigenvalue weighted by atomic mass is 10.1. The fourth-order valence-electron chi connectivity index (χ4n) is 1.42. The molecule has 92 valence electrons. The molecule has 2 aromatic rings. The molecule has 0 aromatic carbocycles. The maximum absolute atomic E-state index is 5.33. The summed E-state index contributed by atoms with van der Waals surface area (Å²) in [5.74, 6) is 0.626. The summed E-state index contributed by atoms with van der Waals surface area (Å²) >= 11 is 0. The van der Waals surface area contributed by atoms with Crippen molar-refractivity contribution in [3.8, 4) is 0 Å². The van der Waals surface area contributed by atoms with E-state index in [1.807, 2.05) is 39.1 Å². The molecule has 0 aliphatic heterocycles. The van der Waals surface area contributed by atoms with E-state index in [1.165, 1.54) is 0 Å². The number of nitrogens with zero attached hydrogens (tertiary/aromatic N) is 3. The van der Waals surface area contributed by atoms with Gasteiger partial charge in [-0.2, -0.15) is 4.98 Å². The van der Waals surface area contributed by atoms with Crippen molar-refractivity contribution in [3.05, 3.63) is 23.9 Å². The molecule has 0 radical (unpaired) electrons. The first-order valence-corrected chi connectivity index (χ1v) is 5.62. The van der Waals surface area contributed by atoms with Gasteiger partial charge in [0.15, 0.2) is 5.65 Å². The molecule has 0 unspecified atom stereocenters. The Bertz CT molecular complexity index is 518. The van der Waals surface area contributed by atoms with Gasteiger partial charge in [0.2, 0.25) is 5.95 Å². The van der Waals surface area contributed by atoms with Crippen molar-refractivity contribution >= 4 is 11.6 Å². The van der Waals surface area contributed by atoms with Crippen molar-refractivity contribution < 1.29 is 4.74 Å². The second-order valence-corrected chi connectivity index (χ2v) is 4.76. The zero-order chi connectivity index (χ0) is 12.5. The number of methoxy groups -OCH3 is 1. The van der Waals surface area contributed by atoms with E-state index in [0.717, 1.165) is 11.2 Å². The molecule has 0 bridgehead atoms. The fraction of sp³-hybridized carbons (Fsp3) is 0.500. The lowest BCUT2D eigenvalue weighted by Gasteiger charge is -2.22. The smallest absolute Gasteiger partial charge is 0.243 e. The van der Waals surface area contributed by atoms with Gasteiger partial charge in [0.25, 0.3) is 0 Å². The van der Waals surface area contributed by atoms with Crippen LogP contribution in [0.2, 0.25) is 0 Å². The molecule has 0 spiro atoms. The molecule has 2 aromatic heterocycles. The van der Waals surface area contributed by atoms with Crippen molar-refractivity contribution in [2.45, 2.75) is 26.4 Å². The number of ether oxygens (including phenoxy) is 1. The number of nitrogens with one attached hydrogen (secondary N) is 1. The number of hydrogen-bond donors (Lipinski definition) is 1. The van der Waals surface area contributed by atoms with Crippen molar-refractivity contribution in [2.24, 2.45) is 0 Å². The largest absolute Gasteiger partial charge is 0.377 e. The molecule has 2 heterocycles. The maximum atomic E-state index is 5.33. The summed E-state index contributed by atoms with van der Waals surface area (Å²) < 4.78 is 7.10. The van der Waals surface area contributed by atoms with Crippen LogP contribution in [0, 0.1) is 6.92 Å². The highest BCUT2D eigenvalue weighted by Gasteiger charge is 2.16. The van der Waals surface area contributed by atoms with E-state index in [2.05, 4.69) is 15.4 Å². The number of hydrogen-bond acceptors (Lipinski definition) is 4. The number of rotatable bonds is 4. The van der Waals surface area contributed by atoms with Crippen LogP contribution in [-0.4, -0.2) is 33.9 Å². The molecule has 17 heavy (non-hydrogen) atoms. The molecule has 0 aliphatic rings. The van der Waals surface area contributed by atoms with Gasteiger partial charge in [0.1, 0.15) is 0 Å². The summed E-state index contributed by atoms with van der Waals surface area (Å²) in [6.07, 6.45) is 1.95. The van der Waals surface area contributed by atoms with Crippen LogP contribution < -0.4 is 5.32 Å². The highest BCUT2D eigenvalue weighted by atomic mass is 16.5. The van der Waals surface area contributed by atoms with E-state index in [4.69, 9.17) is 4.74 Å². The first kappa shape index (κ1) is 11.9. The molecule has 5 heteroatoms. The minimum atomic E-state index is -0.229. The number of aromatic nitrogens is 3. The molecular weight excluding hydrogens is 216 g/mol. The van der Waals surface area contributed by atoms with Crippen LogP contribution in [0.25, 0.3) is 5.65 Å². The quantitative estimate of drug-likeness (QED) is 0.877. The van der Waals surface area contributed by atoms with Gasteiger partial charge in [0.05, 0.1) is 5.60 Å². The van der Waals surface area contributed by atoms with Gasteiger partial charge in [-0.25, -0.2) is 4.52 Å². The highest BCUT2D eigenvalue weighted by molar-refractivity contribution is 5.44. The normalized spacial score (nSPS) is 12.0. The second kappa shape index (κ2) is 4.33. The highest BCUT2D eigenvalue weighted by Crippen LogP contribution is 2.10. The topological polar surface area (TPSA) is 51.5 Å². The minimum Gasteiger partial charge on any atom is -0.377 e. The predicted molar refractivity (Wildman–Crippen MR) is 67.3 cm³/mol. The maximum Gasteiger partial charge on any atom is 0.243 e. The van der Waals surface area contributed by atoms with Crippen LogP contribution >= 0.6 is 0 Å². The fourth-order valence-corrected chi connectivity index (χ4v) is 1.42. The van der Waals surface area contributed by atoms with Gasteiger partial charge in [-0.05, 0) is 32.4 Å². The Morgan fingerprint density at radius 3 is 2.88 bits per heavy atom. The average Bonchev–Trinajstić information content (AvgIpc) is 2.68. The number of pyridine rings is 1.